The van der Waals surface area contributed by atoms with Gasteiger partial charge in [0.2, 0.25) is 11.1 Å². The van der Waals surface area contributed by atoms with Crippen molar-refractivity contribution in [1.82, 2.24) is 4.98 Å². The highest BCUT2D eigenvalue weighted by Crippen LogP contribution is 2.39. The molecule has 1 aromatic carbocycles. The van der Waals surface area contributed by atoms with Crippen molar-refractivity contribution in [2.75, 3.05) is 12.3 Å². The van der Waals surface area contributed by atoms with Crippen LogP contribution in [0.3, 0.4) is 0 Å². The predicted molar refractivity (Wildman–Crippen MR) is 110 cm³/mol. The van der Waals surface area contributed by atoms with Gasteiger partial charge in [0.15, 0.2) is 0 Å². The summed E-state index contributed by atoms with van der Waals surface area (Å²) in [5.41, 5.74) is 7.03. The Morgan fingerprint density at radius 3 is 2.71 bits per heavy atom. The Balaban J connectivity index is 1.79. The lowest BCUT2D eigenvalue weighted by Crippen LogP contribution is -2.24. The summed E-state index contributed by atoms with van der Waals surface area (Å²) in [6.07, 6.45) is -2.45. The number of fused-ring (bicyclic) bond motifs is 2. The fourth-order valence-electron chi connectivity index (χ4n) is 3.76. The zero-order valence-electron chi connectivity index (χ0n) is 16.6. The van der Waals surface area contributed by atoms with E-state index in [1.54, 1.807) is 31.2 Å². The number of anilines is 1. The molecule has 2 heterocycles. The van der Waals surface area contributed by atoms with Gasteiger partial charge in [-0.1, -0.05) is 12.1 Å². The average molecular weight is 432 g/mol. The molecule has 2 aromatic heterocycles. The number of ether oxygens (including phenoxy) is 1. The summed E-state index contributed by atoms with van der Waals surface area (Å²) in [7, 11) is 0. The molecule has 6 nitrogen and oxygen atoms in total. The monoisotopic (exact) mass is 432 g/mol. The minimum atomic E-state index is -4.21. The highest BCUT2D eigenvalue weighted by molar-refractivity contribution is 5.99. The molecule has 162 valence electrons. The highest BCUT2D eigenvalue weighted by Gasteiger charge is 2.39. The largest absolute Gasteiger partial charge is 0.462 e. The molecule has 1 aliphatic rings. The van der Waals surface area contributed by atoms with E-state index in [1.807, 2.05) is 0 Å². The third-order valence-corrected chi connectivity index (χ3v) is 5.43. The van der Waals surface area contributed by atoms with Crippen molar-refractivity contribution in [1.29, 1.82) is 0 Å². The Morgan fingerprint density at radius 2 is 2.06 bits per heavy atom. The van der Waals surface area contributed by atoms with Crippen molar-refractivity contribution in [3.63, 3.8) is 0 Å². The van der Waals surface area contributed by atoms with Gasteiger partial charge in [-0.05, 0) is 55.5 Å². The third kappa shape index (κ3) is 3.87. The standard InChI is InChI=1S/C22H19F3N2O4/c1-2-30-21(29)16-10-15-18(28)14-9-12(5-8-17(14)31-20(15)27-19(16)26)11-3-6-13(7-4-11)22(23,24)25/h3,5,8-10,13H,2,4,6-7H2,1H3,(H2,26,27). The molecular formula is C22H19F3N2O4. The Morgan fingerprint density at radius 1 is 1.29 bits per heavy atom. The summed E-state index contributed by atoms with van der Waals surface area (Å²) >= 11 is 0. The fraction of sp³-hybridized carbons (Fsp3) is 0.318. The van der Waals surface area contributed by atoms with Gasteiger partial charge in [0.05, 0.1) is 23.3 Å². The van der Waals surface area contributed by atoms with Crippen LogP contribution < -0.4 is 11.2 Å². The van der Waals surface area contributed by atoms with Crippen LogP contribution in [0.4, 0.5) is 19.0 Å². The SMILES string of the molecule is CCOC(=O)c1cc2c(=O)c3cc(C4=CCC(C(F)(F)F)CC4)ccc3oc2nc1N. The molecule has 0 fully saturated rings. The zero-order chi connectivity index (χ0) is 22.3. The number of hydrogen-bond acceptors (Lipinski definition) is 6. The molecule has 0 radical (unpaired) electrons. The van der Waals surface area contributed by atoms with E-state index in [4.69, 9.17) is 14.9 Å². The summed E-state index contributed by atoms with van der Waals surface area (Å²) in [6, 6.07) is 6.18. The van der Waals surface area contributed by atoms with Crippen molar-refractivity contribution < 1.29 is 27.1 Å². The number of nitrogens with zero attached hydrogens (tertiary/aromatic N) is 1. The first kappa shape index (κ1) is 20.9. The van der Waals surface area contributed by atoms with Crippen LogP contribution in [0.15, 0.2) is 39.6 Å². The number of nitrogens with two attached hydrogens (primary N) is 1. The topological polar surface area (TPSA) is 95.4 Å². The molecular weight excluding hydrogens is 413 g/mol. The normalized spacial score (nSPS) is 17.0. The first-order valence-electron chi connectivity index (χ1n) is 9.79. The Labute approximate surface area is 174 Å². The van der Waals surface area contributed by atoms with Crippen LogP contribution in [0.2, 0.25) is 0 Å². The molecule has 1 aliphatic carbocycles. The van der Waals surface area contributed by atoms with Gasteiger partial charge in [-0.3, -0.25) is 4.79 Å². The Bertz CT molecular complexity index is 1280. The van der Waals surface area contributed by atoms with Gasteiger partial charge in [-0.25, -0.2) is 4.79 Å². The van der Waals surface area contributed by atoms with E-state index < -0.39 is 23.5 Å². The van der Waals surface area contributed by atoms with Crippen molar-refractivity contribution >= 4 is 39.4 Å². The maximum atomic E-state index is 13.1. The number of aromatic nitrogens is 1. The van der Waals surface area contributed by atoms with E-state index in [9.17, 15) is 22.8 Å². The number of nitrogen functional groups attached to an aromatic ring is 1. The third-order valence-electron chi connectivity index (χ3n) is 5.43. The first-order chi connectivity index (χ1) is 14.7. The van der Waals surface area contributed by atoms with Gasteiger partial charge in [-0.2, -0.15) is 18.2 Å². The smallest absolute Gasteiger partial charge is 0.392 e. The maximum absolute atomic E-state index is 13.1. The number of alkyl halides is 3. The minimum Gasteiger partial charge on any atom is -0.462 e. The number of halogens is 3. The molecule has 0 aliphatic heterocycles. The molecule has 1 atom stereocenters. The molecule has 1 unspecified atom stereocenters. The van der Waals surface area contributed by atoms with Crippen LogP contribution in [0.5, 0.6) is 0 Å². The number of hydrogen-bond donors (Lipinski definition) is 1. The average Bonchev–Trinajstić information content (AvgIpc) is 2.73. The molecule has 31 heavy (non-hydrogen) atoms. The molecule has 4 rings (SSSR count). The van der Waals surface area contributed by atoms with Gasteiger partial charge in [0, 0.05) is 0 Å². The van der Waals surface area contributed by atoms with E-state index in [0.29, 0.717) is 5.56 Å². The Hall–Kier alpha value is -3.36. The minimum absolute atomic E-state index is 0.00575. The lowest BCUT2D eigenvalue weighted by molar-refractivity contribution is -0.175. The van der Waals surface area contributed by atoms with Crippen LogP contribution in [-0.4, -0.2) is 23.7 Å². The van der Waals surface area contributed by atoms with Crippen molar-refractivity contribution in [3.8, 4) is 0 Å². The second kappa shape index (κ2) is 7.72. The summed E-state index contributed by atoms with van der Waals surface area (Å²) in [5, 5.41) is 0.307. The second-order valence-electron chi connectivity index (χ2n) is 7.38. The van der Waals surface area contributed by atoms with Crippen LogP contribution in [0.25, 0.3) is 27.6 Å². The van der Waals surface area contributed by atoms with Gasteiger partial charge in [-0.15, -0.1) is 0 Å². The van der Waals surface area contributed by atoms with Gasteiger partial charge in [0.1, 0.15) is 17.0 Å². The number of pyridine rings is 1. The van der Waals surface area contributed by atoms with Crippen molar-refractivity contribution in [3.05, 3.63) is 51.7 Å². The van der Waals surface area contributed by atoms with Crippen LogP contribution in [-0.2, 0) is 4.74 Å². The highest BCUT2D eigenvalue weighted by atomic mass is 19.4. The number of esters is 1. The van der Waals surface area contributed by atoms with Gasteiger partial charge >= 0.3 is 12.1 Å². The van der Waals surface area contributed by atoms with Crippen molar-refractivity contribution in [2.24, 2.45) is 5.92 Å². The van der Waals surface area contributed by atoms with Gasteiger partial charge in [0.25, 0.3) is 0 Å². The molecule has 0 bridgehead atoms. The number of allylic oxidation sites excluding steroid dienone is 2. The maximum Gasteiger partial charge on any atom is 0.392 e. The summed E-state index contributed by atoms with van der Waals surface area (Å²) in [6.45, 7) is 1.78. The summed E-state index contributed by atoms with van der Waals surface area (Å²) in [5.74, 6) is -2.16. The molecule has 0 amide bonds. The van der Waals surface area contributed by atoms with E-state index >= 15 is 0 Å². The Kier molecular flexibility index (Phi) is 5.20. The summed E-state index contributed by atoms with van der Waals surface area (Å²) < 4.78 is 49.4. The fourth-order valence-corrected chi connectivity index (χ4v) is 3.76. The zero-order valence-corrected chi connectivity index (χ0v) is 16.6. The van der Waals surface area contributed by atoms with Crippen LogP contribution in [0, 0.1) is 5.92 Å². The summed E-state index contributed by atoms with van der Waals surface area (Å²) in [4.78, 5) is 29.2. The van der Waals surface area contributed by atoms with Crippen LogP contribution >= 0.6 is 0 Å². The molecule has 9 heteroatoms. The van der Waals surface area contributed by atoms with Crippen molar-refractivity contribution in [2.45, 2.75) is 32.4 Å². The molecule has 0 spiro atoms. The molecule has 3 aromatic rings. The van der Waals surface area contributed by atoms with E-state index in [-0.39, 0.29) is 59.3 Å². The van der Waals surface area contributed by atoms with Crippen LogP contribution in [0.1, 0.15) is 42.1 Å². The number of carbonyl (C=O) groups excluding carboxylic acids is 1. The first-order valence-corrected chi connectivity index (χ1v) is 9.79. The number of carbonyl (C=O) groups is 1. The molecule has 0 saturated carbocycles. The lowest BCUT2D eigenvalue weighted by Gasteiger charge is -2.24. The van der Waals surface area contributed by atoms with E-state index in [2.05, 4.69) is 4.98 Å². The number of benzene rings is 1. The van der Waals surface area contributed by atoms with Gasteiger partial charge < -0.3 is 14.9 Å². The molecule has 0 saturated heterocycles. The predicted octanol–water partition coefficient (Wildman–Crippen LogP) is 4.85. The number of rotatable bonds is 3. The van der Waals surface area contributed by atoms with E-state index in [0.717, 1.165) is 5.57 Å². The van der Waals surface area contributed by atoms with E-state index in [1.165, 1.54) is 6.07 Å². The quantitative estimate of drug-likeness (QED) is 0.470. The lowest BCUT2D eigenvalue weighted by atomic mass is 9.86. The second-order valence-corrected chi connectivity index (χ2v) is 7.38. The molecule has 2 N–H and O–H groups in total.